The highest BCUT2D eigenvalue weighted by atomic mass is 16.2. The third-order valence-electron chi connectivity index (χ3n) is 3.71. The van der Waals surface area contributed by atoms with Gasteiger partial charge in [0.2, 0.25) is 5.91 Å². The zero-order valence-electron chi connectivity index (χ0n) is 12.0. The van der Waals surface area contributed by atoms with Crippen molar-refractivity contribution in [2.45, 2.75) is 13.0 Å². The number of hydrogen-bond acceptors (Lipinski definition) is 4. The van der Waals surface area contributed by atoms with Gasteiger partial charge in [-0.2, -0.15) is 0 Å². The van der Waals surface area contributed by atoms with Crippen molar-refractivity contribution in [3.8, 4) is 0 Å². The van der Waals surface area contributed by atoms with E-state index in [2.05, 4.69) is 5.32 Å². The van der Waals surface area contributed by atoms with Crippen molar-refractivity contribution >= 4 is 5.91 Å². The van der Waals surface area contributed by atoms with Crippen molar-refractivity contribution in [3.63, 3.8) is 0 Å². The summed E-state index contributed by atoms with van der Waals surface area (Å²) in [5.74, 6) is 0.0160. The molecule has 1 aromatic heterocycles. The van der Waals surface area contributed by atoms with Gasteiger partial charge in [-0.15, -0.1) is 0 Å². The average molecular weight is 280 g/mol. The molecule has 0 radical (unpaired) electrons. The topological polar surface area (TPSA) is 76.3 Å². The fraction of sp³-hybridized carbons (Fsp3) is 0.615. The molecule has 0 bridgehead atoms. The molecule has 0 aromatic carbocycles. The Hall–Kier alpha value is -1.89. The van der Waals surface area contributed by atoms with E-state index in [1.54, 1.807) is 19.0 Å². The predicted octanol–water partition coefficient (Wildman–Crippen LogP) is -1.35. The quantitative estimate of drug-likeness (QED) is 0.743. The second-order valence-electron chi connectivity index (χ2n) is 5.30. The van der Waals surface area contributed by atoms with Crippen LogP contribution in [0.3, 0.4) is 0 Å². The van der Waals surface area contributed by atoms with Crippen molar-refractivity contribution in [1.82, 2.24) is 19.4 Å². The summed E-state index contributed by atoms with van der Waals surface area (Å²) in [5, 5.41) is 3.15. The Morgan fingerprint density at radius 1 is 1.45 bits per heavy atom. The molecule has 2 heterocycles. The van der Waals surface area contributed by atoms with Crippen LogP contribution >= 0.6 is 0 Å². The molecule has 0 spiro atoms. The minimum absolute atomic E-state index is 0.0172. The van der Waals surface area contributed by atoms with E-state index in [-0.39, 0.29) is 29.6 Å². The van der Waals surface area contributed by atoms with E-state index in [0.29, 0.717) is 12.1 Å². The summed E-state index contributed by atoms with van der Waals surface area (Å²) in [7, 11) is 4.72. The molecule has 0 saturated carbocycles. The van der Waals surface area contributed by atoms with E-state index in [1.165, 1.54) is 17.8 Å². The first-order valence-corrected chi connectivity index (χ1v) is 6.63. The molecule has 1 fully saturated rings. The molecule has 1 aliphatic rings. The molecule has 110 valence electrons. The fourth-order valence-electron chi connectivity index (χ4n) is 2.50. The molecular formula is C13H20N4O3. The van der Waals surface area contributed by atoms with Gasteiger partial charge in [0.05, 0.1) is 18.0 Å². The van der Waals surface area contributed by atoms with Crippen LogP contribution in [0.1, 0.15) is 12.0 Å². The van der Waals surface area contributed by atoms with Crippen LogP contribution in [-0.2, 0) is 25.4 Å². The van der Waals surface area contributed by atoms with Crippen LogP contribution in [0.2, 0.25) is 0 Å². The summed E-state index contributed by atoms with van der Waals surface area (Å²) in [5.41, 5.74) is -0.276. The molecular weight excluding hydrogens is 260 g/mol. The summed E-state index contributed by atoms with van der Waals surface area (Å²) < 4.78 is 2.41. The molecule has 1 aliphatic heterocycles. The summed E-state index contributed by atoms with van der Waals surface area (Å²) in [6.07, 6.45) is 2.33. The van der Waals surface area contributed by atoms with Gasteiger partial charge in [0.15, 0.2) is 0 Å². The summed E-state index contributed by atoms with van der Waals surface area (Å²) in [6.45, 7) is 1.76. The van der Waals surface area contributed by atoms with Crippen LogP contribution in [-0.4, -0.2) is 40.1 Å². The summed E-state index contributed by atoms with van der Waals surface area (Å²) >= 11 is 0. The Kier molecular flexibility index (Phi) is 4.08. The van der Waals surface area contributed by atoms with Crippen molar-refractivity contribution in [3.05, 3.63) is 32.6 Å². The Balaban J connectivity index is 2.19. The molecule has 1 N–H and O–H groups in total. The monoisotopic (exact) mass is 280 g/mol. The lowest BCUT2D eigenvalue weighted by molar-refractivity contribution is -0.134. The smallest absolute Gasteiger partial charge is 0.330 e. The lowest BCUT2D eigenvalue weighted by Gasteiger charge is -2.20. The van der Waals surface area contributed by atoms with E-state index in [0.717, 1.165) is 17.5 Å². The van der Waals surface area contributed by atoms with Gasteiger partial charge in [-0.25, -0.2) is 4.79 Å². The average Bonchev–Trinajstić information content (AvgIpc) is 2.95. The number of amides is 1. The molecule has 1 saturated heterocycles. The summed E-state index contributed by atoms with van der Waals surface area (Å²) in [6, 6.07) is 0. The van der Waals surface area contributed by atoms with E-state index >= 15 is 0 Å². The van der Waals surface area contributed by atoms with Crippen molar-refractivity contribution in [2.75, 3.05) is 20.1 Å². The Bertz CT molecular complexity index is 625. The maximum Gasteiger partial charge on any atom is 0.330 e. The fourth-order valence-corrected chi connectivity index (χ4v) is 2.50. The summed E-state index contributed by atoms with van der Waals surface area (Å²) in [4.78, 5) is 37.4. The van der Waals surface area contributed by atoms with Gasteiger partial charge in [-0.05, 0) is 13.0 Å². The molecule has 7 heteroatoms. The highest BCUT2D eigenvalue weighted by Crippen LogP contribution is 2.11. The minimum atomic E-state index is -0.368. The standard InChI is InChI=1S/C13H20N4O3/c1-15(11(18)9-4-5-14-6-9)7-10-8-16(2)13(20)17(3)12(10)19/h8-9,14H,4-7H2,1-3H3. The van der Waals surface area contributed by atoms with Crippen molar-refractivity contribution in [2.24, 2.45) is 20.0 Å². The number of aromatic nitrogens is 2. The van der Waals surface area contributed by atoms with Gasteiger partial charge in [-0.3, -0.25) is 14.2 Å². The van der Waals surface area contributed by atoms with Gasteiger partial charge < -0.3 is 14.8 Å². The number of nitrogens with one attached hydrogen (secondary N) is 1. The van der Waals surface area contributed by atoms with Crippen LogP contribution in [0, 0.1) is 5.92 Å². The third-order valence-corrected chi connectivity index (χ3v) is 3.71. The normalized spacial score (nSPS) is 18.2. The zero-order chi connectivity index (χ0) is 14.9. The highest BCUT2D eigenvalue weighted by molar-refractivity contribution is 5.79. The molecule has 0 aliphatic carbocycles. The van der Waals surface area contributed by atoms with Gasteiger partial charge >= 0.3 is 5.69 Å². The number of hydrogen-bond donors (Lipinski definition) is 1. The van der Waals surface area contributed by atoms with Crippen LogP contribution < -0.4 is 16.6 Å². The molecule has 1 atom stereocenters. The molecule has 2 rings (SSSR count). The SMILES string of the molecule is CN(Cc1cn(C)c(=O)n(C)c1=O)C(=O)C1CCNC1. The highest BCUT2D eigenvalue weighted by Gasteiger charge is 2.25. The Labute approximate surface area is 116 Å². The second kappa shape index (κ2) is 5.62. The second-order valence-corrected chi connectivity index (χ2v) is 5.30. The molecule has 7 nitrogen and oxygen atoms in total. The largest absolute Gasteiger partial charge is 0.341 e. The van der Waals surface area contributed by atoms with E-state index in [1.807, 2.05) is 0 Å². The van der Waals surface area contributed by atoms with Crippen LogP contribution in [0.4, 0.5) is 0 Å². The lowest BCUT2D eigenvalue weighted by atomic mass is 10.1. The van der Waals surface area contributed by atoms with Crippen molar-refractivity contribution in [1.29, 1.82) is 0 Å². The van der Waals surface area contributed by atoms with Gasteiger partial charge in [0, 0.05) is 33.9 Å². The molecule has 1 unspecified atom stereocenters. The molecule has 1 amide bonds. The van der Waals surface area contributed by atoms with Gasteiger partial charge in [0.25, 0.3) is 5.56 Å². The Morgan fingerprint density at radius 3 is 2.75 bits per heavy atom. The predicted molar refractivity (Wildman–Crippen MR) is 74.4 cm³/mol. The van der Waals surface area contributed by atoms with Crippen LogP contribution in [0.5, 0.6) is 0 Å². The maximum absolute atomic E-state index is 12.2. The first-order chi connectivity index (χ1) is 9.41. The van der Waals surface area contributed by atoms with E-state index < -0.39 is 0 Å². The first kappa shape index (κ1) is 14.5. The number of carbonyl (C=O) groups is 1. The number of rotatable bonds is 3. The van der Waals surface area contributed by atoms with Gasteiger partial charge in [0.1, 0.15) is 0 Å². The third kappa shape index (κ3) is 2.67. The minimum Gasteiger partial charge on any atom is -0.341 e. The van der Waals surface area contributed by atoms with E-state index in [9.17, 15) is 14.4 Å². The van der Waals surface area contributed by atoms with Crippen molar-refractivity contribution < 1.29 is 4.79 Å². The number of carbonyl (C=O) groups excluding carboxylic acids is 1. The zero-order valence-corrected chi connectivity index (χ0v) is 12.0. The molecule has 20 heavy (non-hydrogen) atoms. The van der Waals surface area contributed by atoms with E-state index in [4.69, 9.17) is 0 Å². The first-order valence-electron chi connectivity index (χ1n) is 6.63. The van der Waals surface area contributed by atoms with Crippen LogP contribution in [0.25, 0.3) is 0 Å². The van der Waals surface area contributed by atoms with Crippen LogP contribution in [0.15, 0.2) is 15.8 Å². The number of nitrogens with zero attached hydrogens (tertiary/aromatic N) is 3. The number of aryl methyl sites for hydroxylation is 1. The Morgan fingerprint density at radius 2 is 2.15 bits per heavy atom. The maximum atomic E-state index is 12.2. The lowest BCUT2D eigenvalue weighted by Crippen LogP contribution is -2.41. The van der Waals surface area contributed by atoms with Gasteiger partial charge in [-0.1, -0.05) is 0 Å². The molecule has 1 aromatic rings.